The van der Waals surface area contributed by atoms with Crippen LogP contribution in [0.1, 0.15) is 36.1 Å². The largest absolute Gasteiger partial charge is 0.485 e. The van der Waals surface area contributed by atoms with Crippen LogP contribution >= 0.6 is 0 Å². The van der Waals surface area contributed by atoms with Gasteiger partial charge in [-0.2, -0.15) is 0 Å². The number of hydrogen-bond acceptors (Lipinski definition) is 4. The highest BCUT2D eigenvalue weighted by molar-refractivity contribution is 6.07. The summed E-state index contributed by atoms with van der Waals surface area (Å²) < 4.78 is 6.39. The molecule has 5 heteroatoms. The summed E-state index contributed by atoms with van der Waals surface area (Å²) in [6.45, 7) is 4.47. The Morgan fingerprint density at radius 1 is 1.06 bits per heavy atom. The number of aryl methyl sites for hydroxylation is 1. The Morgan fingerprint density at radius 3 is 2.55 bits per heavy atom. The second-order valence-electron chi connectivity index (χ2n) is 8.18. The highest BCUT2D eigenvalue weighted by Crippen LogP contribution is 2.50. The molecule has 1 spiro atoms. The predicted octanol–water partition coefficient (Wildman–Crippen LogP) is 4.56. The quantitative estimate of drug-likeness (QED) is 0.687. The average molecular weight is 412 g/mol. The number of nitrogens with zero attached hydrogens (tertiary/aromatic N) is 2. The minimum absolute atomic E-state index is 0.0839. The molecular weight excluding hydrogens is 386 g/mol. The minimum Gasteiger partial charge on any atom is -0.485 e. The van der Waals surface area contributed by atoms with Crippen molar-refractivity contribution in [2.24, 2.45) is 10.7 Å². The molecule has 0 aliphatic carbocycles. The van der Waals surface area contributed by atoms with Crippen molar-refractivity contribution < 1.29 is 9.53 Å². The maximum Gasteiger partial charge on any atom is 0.262 e. The third kappa shape index (κ3) is 3.08. The summed E-state index contributed by atoms with van der Waals surface area (Å²) >= 11 is 0. The van der Waals surface area contributed by atoms with E-state index < -0.39 is 5.54 Å². The van der Waals surface area contributed by atoms with Crippen molar-refractivity contribution in [2.75, 3.05) is 6.54 Å². The van der Waals surface area contributed by atoms with Gasteiger partial charge in [-0.15, -0.1) is 0 Å². The van der Waals surface area contributed by atoms with E-state index in [1.165, 1.54) is 5.56 Å². The van der Waals surface area contributed by atoms with Crippen molar-refractivity contribution in [3.05, 3.63) is 89.5 Å². The maximum atomic E-state index is 13.6. The standard InChI is InChI=1S/C26H25N3O2/c1-3-29-24(30)26(28-25(29)27)16-23(18-9-5-4-6-10-18)31-22-13-12-20(15-21(22)26)19-11-7-8-17(2)14-19/h4-15,23H,3,16H2,1-2H3,(H2,27,28). The Hall–Kier alpha value is -3.60. The summed E-state index contributed by atoms with van der Waals surface area (Å²) in [6.07, 6.45) is 0.132. The van der Waals surface area contributed by atoms with E-state index >= 15 is 0 Å². The minimum atomic E-state index is -1.08. The van der Waals surface area contributed by atoms with Crippen molar-refractivity contribution in [3.8, 4) is 16.9 Å². The van der Waals surface area contributed by atoms with Crippen LogP contribution in [0.2, 0.25) is 0 Å². The van der Waals surface area contributed by atoms with E-state index in [9.17, 15) is 4.79 Å². The van der Waals surface area contributed by atoms with Crippen molar-refractivity contribution in [1.29, 1.82) is 0 Å². The van der Waals surface area contributed by atoms with E-state index in [-0.39, 0.29) is 18.0 Å². The van der Waals surface area contributed by atoms with Gasteiger partial charge in [0.1, 0.15) is 11.9 Å². The van der Waals surface area contributed by atoms with Gasteiger partial charge in [-0.05, 0) is 42.7 Å². The van der Waals surface area contributed by atoms with Gasteiger partial charge in [0.2, 0.25) is 0 Å². The number of carbonyl (C=O) groups is 1. The molecule has 2 aliphatic rings. The van der Waals surface area contributed by atoms with E-state index in [2.05, 4.69) is 25.1 Å². The molecule has 5 nitrogen and oxygen atoms in total. The molecule has 0 saturated carbocycles. The van der Waals surface area contributed by atoms with Crippen molar-refractivity contribution >= 4 is 11.9 Å². The van der Waals surface area contributed by atoms with E-state index in [0.29, 0.717) is 18.7 Å². The monoisotopic (exact) mass is 411 g/mol. The van der Waals surface area contributed by atoms with Crippen molar-refractivity contribution in [3.63, 3.8) is 0 Å². The highest BCUT2D eigenvalue weighted by Gasteiger charge is 2.54. The lowest BCUT2D eigenvalue weighted by Crippen LogP contribution is -2.45. The molecule has 3 aromatic carbocycles. The molecular formula is C26H25N3O2. The average Bonchev–Trinajstić information content (AvgIpc) is 3.03. The lowest BCUT2D eigenvalue weighted by atomic mass is 9.79. The lowest BCUT2D eigenvalue weighted by Gasteiger charge is -2.37. The smallest absolute Gasteiger partial charge is 0.262 e. The zero-order valence-corrected chi connectivity index (χ0v) is 17.7. The second-order valence-corrected chi connectivity index (χ2v) is 8.18. The molecule has 31 heavy (non-hydrogen) atoms. The zero-order valence-electron chi connectivity index (χ0n) is 17.7. The number of aliphatic imine (C=N–C) groups is 1. The molecule has 2 aliphatic heterocycles. The second kappa shape index (κ2) is 7.27. The molecule has 2 unspecified atom stereocenters. The molecule has 1 amide bonds. The number of carbonyl (C=O) groups excluding carboxylic acids is 1. The van der Waals surface area contributed by atoms with E-state index in [1.807, 2.05) is 61.5 Å². The zero-order chi connectivity index (χ0) is 21.6. The number of likely N-dealkylation sites (N-methyl/N-ethyl adjacent to an activating group) is 1. The Labute approximate surface area is 182 Å². The van der Waals surface area contributed by atoms with Crippen LogP contribution in [0.4, 0.5) is 0 Å². The van der Waals surface area contributed by atoms with Crippen LogP contribution in [0.3, 0.4) is 0 Å². The number of benzene rings is 3. The molecule has 2 heterocycles. The molecule has 0 saturated heterocycles. The van der Waals surface area contributed by atoms with Crippen LogP contribution in [-0.4, -0.2) is 23.3 Å². The first-order valence-electron chi connectivity index (χ1n) is 10.6. The van der Waals surface area contributed by atoms with Crippen LogP contribution in [-0.2, 0) is 10.3 Å². The van der Waals surface area contributed by atoms with Crippen molar-refractivity contribution in [1.82, 2.24) is 4.90 Å². The summed E-state index contributed by atoms with van der Waals surface area (Å²) in [5.74, 6) is 0.867. The van der Waals surface area contributed by atoms with Gasteiger partial charge in [0.15, 0.2) is 11.5 Å². The van der Waals surface area contributed by atoms with Crippen LogP contribution in [0.15, 0.2) is 77.8 Å². The molecule has 0 radical (unpaired) electrons. The summed E-state index contributed by atoms with van der Waals surface area (Å²) in [5.41, 5.74) is 10.2. The highest BCUT2D eigenvalue weighted by atomic mass is 16.5. The number of guanidine groups is 1. The van der Waals surface area contributed by atoms with Gasteiger partial charge in [-0.1, -0.05) is 66.2 Å². The van der Waals surface area contributed by atoms with Crippen LogP contribution < -0.4 is 10.5 Å². The third-order valence-electron chi connectivity index (χ3n) is 6.20. The Bertz CT molecular complexity index is 1190. The van der Waals surface area contributed by atoms with Crippen LogP contribution in [0.25, 0.3) is 11.1 Å². The lowest BCUT2D eigenvalue weighted by molar-refractivity contribution is -0.133. The van der Waals surface area contributed by atoms with Gasteiger partial charge in [-0.25, -0.2) is 4.99 Å². The van der Waals surface area contributed by atoms with Gasteiger partial charge in [0.05, 0.1) is 0 Å². The molecule has 2 N–H and O–H groups in total. The number of ether oxygens (including phenoxy) is 1. The Morgan fingerprint density at radius 2 is 1.84 bits per heavy atom. The van der Waals surface area contributed by atoms with E-state index in [1.54, 1.807) is 4.90 Å². The topological polar surface area (TPSA) is 67.9 Å². The molecule has 5 rings (SSSR count). The first-order chi connectivity index (χ1) is 15.0. The fraction of sp³-hybridized carbons (Fsp3) is 0.231. The first kappa shape index (κ1) is 19.4. The fourth-order valence-corrected chi connectivity index (χ4v) is 4.63. The number of fused-ring (bicyclic) bond motifs is 2. The fourth-order valence-electron chi connectivity index (χ4n) is 4.63. The van der Waals surface area contributed by atoms with Crippen LogP contribution in [0, 0.1) is 6.92 Å². The van der Waals surface area contributed by atoms with Gasteiger partial charge in [-0.3, -0.25) is 9.69 Å². The Balaban J connectivity index is 1.68. The van der Waals surface area contributed by atoms with Gasteiger partial charge in [0, 0.05) is 18.5 Å². The van der Waals surface area contributed by atoms with Gasteiger partial charge in [0.25, 0.3) is 5.91 Å². The van der Waals surface area contributed by atoms with Gasteiger partial charge >= 0.3 is 0 Å². The summed E-state index contributed by atoms with van der Waals surface area (Å²) in [7, 11) is 0. The van der Waals surface area contributed by atoms with Gasteiger partial charge < -0.3 is 10.5 Å². The maximum absolute atomic E-state index is 13.6. The molecule has 0 bridgehead atoms. The molecule has 3 aromatic rings. The summed E-state index contributed by atoms with van der Waals surface area (Å²) in [6, 6.07) is 24.3. The Kier molecular flexibility index (Phi) is 4.54. The first-order valence-corrected chi connectivity index (χ1v) is 10.6. The molecule has 2 atom stereocenters. The SMILES string of the molecule is CCN1C(=O)C2(CC(c3ccccc3)Oc3ccc(-c4cccc(C)c4)cc32)N=C1N. The molecule has 0 fully saturated rings. The number of nitrogens with two attached hydrogens (primary N) is 1. The molecule has 0 aromatic heterocycles. The summed E-state index contributed by atoms with van der Waals surface area (Å²) in [5, 5.41) is 0. The van der Waals surface area contributed by atoms with Crippen LogP contribution in [0.5, 0.6) is 5.75 Å². The summed E-state index contributed by atoms with van der Waals surface area (Å²) in [4.78, 5) is 20.0. The number of hydrogen-bond donors (Lipinski definition) is 1. The molecule has 156 valence electrons. The van der Waals surface area contributed by atoms with E-state index in [4.69, 9.17) is 15.5 Å². The van der Waals surface area contributed by atoms with E-state index in [0.717, 1.165) is 22.3 Å². The predicted molar refractivity (Wildman–Crippen MR) is 122 cm³/mol. The number of amides is 1. The third-order valence-corrected chi connectivity index (χ3v) is 6.20. The normalized spacial score (nSPS) is 22.3. The van der Waals surface area contributed by atoms with Crippen molar-refractivity contribution in [2.45, 2.75) is 31.9 Å². The number of rotatable bonds is 3.